The van der Waals surface area contributed by atoms with E-state index in [1.165, 1.54) is 0 Å². The SMILES string of the molecule is COC1CN(C(=O)c2cccc(CCl)c2)CC1OC. The number of carbonyl (C=O) groups excluding carboxylic acids is 1. The number of hydrogen-bond acceptors (Lipinski definition) is 3. The Bertz CT molecular complexity index is 440. The van der Waals surface area contributed by atoms with Gasteiger partial charge in [0.15, 0.2) is 0 Å². The Balaban J connectivity index is 2.12. The minimum Gasteiger partial charge on any atom is -0.377 e. The van der Waals surface area contributed by atoms with Crippen molar-refractivity contribution in [3.63, 3.8) is 0 Å². The first kappa shape index (κ1) is 14.3. The van der Waals surface area contributed by atoms with Crippen LogP contribution in [0.25, 0.3) is 0 Å². The molecule has 1 aliphatic rings. The number of amides is 1. The van der Waals surface area contributed by atoms with Crippen LogP contribution >= 0.6 is 11.6 Å². The molecule has 19 heavy (non-hydrogen) atoms. The third kappa shape index (κ3) is 3.08. The van der Waals surface area contributed by atoms with Crippen LogP contribution in [0.15, 0.2) is 24.3 Å². The maximum Gasteiger partial charge on any atom is 0.254 e. The highest BCUT2D eigenvalue weighted by Crippen LogP contribution is 2.19. The van der Waals surface area contributed by atoms with Crippen LogP contribution in [0.4, 0.5) is 0 Å². The first-order chi connectivity index (χ1) is 9.19. The van der Waals surface area contributed by atoms with Gasteiger partial charge in [-0.15, -0.1) is 11.6 Å². The highest BCUT2D eigenvalue weighted by Gasteiger charge is 2.35. The fraction of sp³-hybridized carbons (Fsp3) is 0.500. The molecule has 2 atom stereocenters. The molecule has 0 aromatic heterocycles. The maximum atomic E-state index is 12.4. The van der Waals surface area contributed by atoms with Gasteiger partial charge in [-0.1, -0.05) is 12.1 Å². The minimum atomic E-state index is -0.0647. The molecule has 104 valence electrons. The first-order valence-electron chi connectivity index (χ1n) is 6.19. The number of likely N-dealkylation sites (tertiary alicyclic amines) is 1. The lowest BCUT2D eigenvalue weighted by molar-refractivity contribution is -0.00461. The molecule has 0 saturated carbocycles. The van der Waals surface area contributed by atoms with Crippen LogP contribution in [0.2, 0.25) is 0 Å². The molecule has 1 aromatic carbocycles. The van der Waals surface area contributed by atoms with Gasteiger partial charge in [0.05, 0.1) is 0 Å². The van der Waals surface area contributed by atoms with Crippen LogP contribution in [0.1, 0.15) is 15.9 Å². The van der Waals surface area contributed by atoms with Gasteiger partial charge in [-0.3, -0.25) is 4.79 Å². The van der Waals surface area contributed by atoms with E-state index in [4.69, 9.17) is 21.1 Å². The second-order valence-electron chi connectivity index (χ2n) is 4.59. The lowest BCUT2D eigenvalue weighted by atomic mass is 10.1. The van der Waals surface area contributed by atoms with Crippen molar-refractivity contribution < 1.29 is 14.3 Å². The van der Waals surface area contributed by atoms with E-state index >= 15 is 0 Å². The zero-order valence-corrected chi connectivity index (χ0v) is 11.9. The summed E-state index contributed by atoms with van der Waals surface area (Å²) in [4.78, 5) is 14.2. The Kier molecular flexibility index (Phi) is 4.80. The number of ether oxygens (including phenoxy) is 2. The lowest BCUT2D eigenvalue weighted by Gasteiger charge is -2.16. The van der Waals surface area contributed by atoms with E-state index in [9.17, 15) is 4.79 Å². The summed E-state index contributed by atoms with van der Waals surface area (Å²) in [5.74, 6) is 0.399. The van der Waals surface area contributed by atoms with E-state index in [1.54, 1.807) is 25.2 Å². The summed E-state index contributed by atoms with van der Waals surface area (Å²) in [5.41, 5.74) is 1.60. The zero-order chi connectivity index (χ0) is 13.8. The van der Waals surface area contributed by atoms with E-state index in [2.05, 4.69) is 0 Å². The summed E-state index contributed by atoms with van der Waals surface area (Å²) in [6.07, 6.45) is -0.129. The quantitative estimate of drug-likeness (QED) is 0.793. The van der Waals surface area contributed by atoms with Gasteiger partial charge >= 0.3 is 0 Å². The highest BCUT2D eigenvalue weighted by atomic mass is 35.5. The molecule has 1 fully saturated rings. The van der Waals surface area contributed by atoms with E-state index in [0.29, 0.717) is 24.5 Å². The molecule has 0 aliphatic carbocycles. The molecule has 1 aromatic rings. The number of methoxy groups -OCH3 is 2. The molecule has 0 N–H and O–H groups in total. The van der Waals surface area contributed by atoms with Gasteiger partial charge in [0.1, 0.15) is 12.2 Å². The number of benzene rings is 1. The largest absolute Gasteiger partial charge is 0.377 e. The summed E-state index contributed by atoms with van der Waals surface area (Å²) in [5, 5.41) is 0. The van der Waals surface area contributed by atoms with Gasteiger partial charge < -0.3 is 14.4 Å². The predicted octanol–water partition coefficient (Wildman–Crippen LogP) is 1.91. The molecule has 5 heteroatoms. The Hall–Kier alpha value is -1.10. The number of carbonyl (C=O) groups is 1. The Morgan fingerprint density at radius 3 is 2.47 bits per heavy atom. The van der Waals surface area contributed by atoms with Crippen molar-refractivity contribution in [3.05, 3.63) is 35.4 Å². The third-order valence-electron chi connectivity index (χ3n) is 3.44. The average molecular weight is 284 g/mol. The van der Waals surface area contributed by atoms with Gasteiger partial charge in [0.25, 0.3) is 5.91 Å². The van der Waals surface area contributed by atoms with Gasteiger partial charge in [0.2, 0.25) is 0 Å². The van der Waals surface area contributed by atoms with Gasteiger partial charge in [-0.05, 0) is 17.7 Å². The van der Waals surface area contributed by atoms with Crippen LogP contribution in [0.5, 0.6) is 0 Å². The highest BCUT2D eigenvalue weighted by molar-refractivity contribution is 6.17. The first-order valence-corrected chi connectivity index (χ1v) is 6.72. The number of rotatable bonds is 4. The van der Waals surface area contributed by atoms with Crippen LogP contribution in [-0.4, -0.2) is 50.3 Å². The summed E-state index contributed by atoms with van der Waals surface area (Å²) < 4.78 is 10.7. The van der Waals surface area contributed by atoms with Gasteiger partial charge in [0, 0.05) is 38.8 Å². The third-order valence-corrected chi connectivity index (χ3v) is 3.74. The average Bonchev–Trinajstić information content (AvgIpc) is 2.89. The van der Waals surface area contributed by atoms with Crippen molar-refractivity contribution in [3.8, 4) is 0 Å². The van der Waals surface area contributed by atoms with E-state index in [-0.39, 0.29) is 18.1 Å². The summed E-state index contributed by atoms with van der Waals surface area (Å²) in [7, 11) is 3.28. The van der Waals surface area contributed by atoms with Crippen LogP contribution in [-0.2, 0) is 15.4 Å². The van der Waals surface area contributed by atoms with E-state index in [1.807, 2.05) is 18.2 Å². The molecule has 1 aliphatic heterocycles. The Morgan fingerprint density at radius 2 is 1.95 bits per heavy atom. The summed E-state index contributed by atoms with van der Waals surface area (Å²) >= 11 is 5.79. The van der Waals surface area contributed by atoms with Crippen molar-refractivity contribution >= 4 is 17.5 Å². The molecular formula is C14H18ClNO3. The molecular weight excluding hydrogens is 266 g/mol. The molecule has 0 bridgehead atoms. The van der Waals surface area contributed by atoms with Crippen molar-refractivity contribution in [2.75, 3.05) is 27.3 Å². The number of hydrogen-bond donors (Lipinski definition) is 0. The minimum absolute atomic E-state index is 0.00596. The van der Waals surface area contributed by atoms with Crippen LogP contribution < -0.4 is 0 Å². The Morgan fingerprint density at radius 1 is 1.32 bits per heavy atom. The van der Waals surface area contributed by atoms with Crippen LogP contribution in [0, 0.1) is 0 Å². The van der Waals surface area contributed by atoms with Crippen molar-refractivity contribution in [1.82, 2.24) is 4.90 Å². The standard InChI is InChI=1S/C14H18ClNO3/c1-18-12-8-16(9-13(12)19-2)14(17)11-5-3-4-10(6-11)7-15/h3-6,12-13H,7-9H2,1-2H3. The number of alkyl halides is 1. The molecule has 0 radical (unpaired) electrons. The predicted molar refractivity (Wildman–Crippen MR) is 73.5 cm³/mol. The van der Waals surface area contributed by atoms with E-state index in [0.717, 1.165) is 5.56 Å². The van der Waals surface area contributed by atoms with Gasteiger partial charge in [-0.2, -0.15) is 0 Å². The molecule has 1 amide bonds. The molecule has 1 saturated heterocycles. The molecule has 2 rings (SSSR count). The molecule has 1 heterocycles. The lowest BCUT2D eigenvalue weighted by Crippen LogP contribution is -2.30. The van der Waals surface area contributed by atoms with E-state index < -0.39 is 0 Å². The van der Waals surface area contributed by atoms with Crippen molar-refractivity contribution in [1.29, 1.82) is 0 Å². The molecule has 0 spiro atoms. The second-order valence-corrected chi connectivity index (χ2v) is 4.86. The summed E-state index contributed by atoms with van der Waals surface area (Å²) in [6, 6.07) is 7.39. The summed E-state index contributed by atoms with van der Waals surface area (Å²) in [6.45, 7) is 1.11. The zero-order valence-electron chi connectivity index (χ0n) is 11.1. The smallest absolute Gasteiger partial charge is 0.254 e. The normalized spacial score (nSPS) is 22.8. The van der Waals surface area contributed by atoms with Gasteiger partial charge in [-0.25, -0.2) is 0 Å². The monoisotopic (exact) mass is 283 g/mol. The van der Waals surface area contributed by atoms with Crippen molar-refractivity contribution in [2.45, 2.75) is 18.1 Å². The second kappa shape index (κ2) is 6.37. The fourth-order valence-corrected chi connectivity index (χ4v) is 2.50. The molecule has 2 unspecified atom stereocenters. The number of nitrogens with zero attached hydrogens (tertiary/aromatic N) is 1. The maximum absolute atomic E-state index is 12.4. The molecule has 4 nitrogen and oxygen atoms in total. The van der Waals surface area contributed by atoms with Crippen molar-refractivity contribution in [2.24, 2.45) is 0 Å². The fourth-order valence-electron chi connectivity index (χ4n) is 2.33. The van der Waals surface area contributed by atoms with Crippen LogP contribution in [0.3, 0.4) is 0 Å². The topological polar surface area (TPSA) is 38.8 Å². The Labute approximate surface area is 118 Å². The number of halogens is 1.